The molecule has 1 aliphatic carbocycles. The number of anilines is 1. The second-order valence-corrected chi connectivity index (χ2v) is 8.41. The second kappa shape index (κ2) is 8.87. The Balaban J connectivity index is 1.41. The highest BCUT2D eigenvalue weighted by atomic mass is 19.4. The molecule has 178 valence electrons. The highest BCUT2D eigenvalue weighted by Crippen LogP contribution is 2.34. The third-order valence-corrected chi connectivity index (χ3v) is 6.15. The van der Waals surface area contributed by atoms with Gasteiger partial charge in [0, 0.05) is 11.6 Å². The molecule has 5 rings (SSSR count). The number of aliphatic hydroxyl groups is 2. The number of aliphatic hydroxyl groups excluding tert-OH is 2. The molecule has 34 heavy (non-hydrogen) atoms. The average Bonchev–Trinajstić information content (AvgIpc) is 3.54. The molecule has 1 saturated heterocycles. The summed E-state index contributed by atoms with van der Waals surface area (Å²) in [4.78, 5) is 12.9. The van der Waals surface area contributed by atoms with Crippen LogP contribution in [0.3, 0.4) is 0 Å². The van der Waals surface area contributed by atoms with Crippen LogP contribution in [-0.2, 0) is 10.9 Å². The van der Waals surface area contributed by atoms with E-state index in [1.54, 1.807) is 0 Å². The van der Waals surface area contributed by atoms with Crippen LogP contribution in [0.2, 0.25) is 0 Å². The first-order valence-electron chi connectivity index (χ1n) is 11.0. The summed E-state index contributed by atoms with van der Waals surface area (Å²) in [7, 11) is 0. The summed E-state index contributed by atoms with van der Waals surface area (Å²) in [5.41, 5.74) is -0.241. The largest absolute Gasteiger partial charge is 0.417 e. The van der Waals surface area contributed by atoms with Crippen molar-refractivity contribution in [3.05, 3.63) is 48.0 Å². The molecule has 8 nitrogen and oxygen atoms in total. The average molecular weight is 473 g/mol. The number of hydrogen-bond acceptors (Lipinski definition) is 7. The Kier molecular flexibility index (Phi) is 5.89. The molecule has 11 heteroatoms. The number of rotatable bonds is 3. The van der Waals surface area contributed by atoms with Gasteiger partial charge in [-0.3, -0.25) is 4.57 Å². The number of aromatic nitrogens is 4. The lowest BCUT2D eigenvalue weighted by Crippen LogP contribution is -2.31. The number of hydrogen-bond donors (Lipinski definition) is 3. The van der Waals surface area contributed by atoms with E-state index in [2.05, 4.69) is 32.1 Å². The van der Waals surface area contributed by atoms with Gasteiger partial charge in [0.15, 0.2) is 23.2 Å². The Hall–Kier alpha value is -3.20. The van der Waals surface area contributed by atoms with Crippen LogP contribution in [0, 0.1) is 11.8 Å². The van der Waals surface area contributed by atoms with E-state index in [4.69, 9.17) is 4.74 Å². The fraction of sp³-hybridized carbons (Fsp3) is 0.435. The van der Waals surface area contributed by atoms with Crippen molar-refractivity contribution in [2.45, 2.75) is 62.4 Å². The SMILES string of the molecule is O[C@@H]1[C@H](O)C(C#Cc2ccccc2C(F)(F)F)O[C@H]1n1cnc2c(NC3CCCC3)ncnc21. The Bertz CT molecular complexity index is 1250. The van der Waals surface area contributed by atoms with E-state index in [-0.39, 0.29) is 5.56 Å². The van der Waals surface area contributed by atoms with Crippen LogP contribution in [0.1, 0.15) is 43.0 Å². The molecule has 3 heterocycles. The molecule has 4 atom stereocenters. The molecule has 1 aliphatic heterocycles. The van der Waals surface area contributed by atoms with E-state index in [0.717, 1.165) is 31.7 Å². The monoisotopic (exact) mass is 473 g/mol. The summed E-state index contributed by atoms with van der Waals surface area (Å²) in [6, 6.07) is 5.19. The second-order valence-electron chi connectivity index (χ2n) is 8.41. The van der Waals surface area contributed by atoms with Gasteiger partial charge in [0.05, 0.1) is 11.9 Å². The summed E-state index contributed by atoms with van der Waals surface area (Å²) in [5.74, 6) is 5.54. The third kappa shape index (κ3) is 4.20. The first-order valence-corrected chi connectivity index (χ1v) is 11.0. The van der Waals surface area contributed by atoms with Crippen molar-refractivity contribution in [1.29, 1.82) is 0 Å². The normalized spacial score (nSPS) is 25.4. The molecular formula is C23H22F3N5O3. The zero-order valence-electron chi connectivity index (χ0n) is 17.9. The summed E-state index contributed by atoms with van der Waals surface area (Å²) < 4.78 is 46.9. The molecule has 1 aromatic carbocycles. The minimum atomic E-state index is -4.57. The molecule has 1 unspecified atom stereocenters. The standard InChI is InChI=1S/C23H22F3N5O3/c24-23(25,26)15-8-4-1-5-13(15)9-10-16-18(32)19(33)22(34-16)31-12-29-17-20(27-11-28-21(17)31)30-14-6-2-3-7-14/h1,4-5,8,11-12,14,16,18-19,22,32-33H,2-3,6-7H2,(H,27,28,30)/t16?,18-,19-,22-/m1/s1. The fourth-order valence-corrected chi connectivity index (χ4v) is 4.40. The molecule has 2 aromatic heterocycles. The molecule has 2 fully saturated rings. The number of alkyl halides is 3. The van der Waals surface area contributed by atoms with Crippen LogP contribution in [0.25, 0.3) is 11.2 Å². The van der Waals surface area contributed by atoms with E-state index in [9.17, 15) is 23.4 Å². The van der Waals surface area contributed by atoms with Crippen LogP contribution in [-0.4, -0.2) is 54.1 Å². The highest BCUT2D eigenvalue weighted by Gasteiger charge is 2.44. The fourth-order valence-electron chi connectivity index (χ4n) is 4.40. The van der Waals surface area contributed by atoms with Crippen LogP contribution in [0.15, 0.2) is 36.9 Å². The van der Waals surface area contributed by atoms with Gasteiger partial charge in [-0.15, -0.1) is 0 Å². The van der Waals surface area contributed by atoms with E-state index in [1.165, 1.54) is 35.4 Å². The van der Waals surface area contributed by atoms with Crippen molar-refractivity contribution >= 4 is 17.0 Å². The number of fused-ring (bicyclic) bond motifs is 1. The maximum atomic E-state index is 13.2. The van der Waals surface area contributed by atoms with E-state index in [0.29, 0.717) is 23.0 Å². The summed E-state index contributed by atoms with van der Waals surface area (Å²) in [6.45, 7) is 0. The van der Waals surface area contributed by atoms with Gasteiger partial charge in [-0.1, -0.05) is 36.8 Å². The maximum Gasteiger partial charge on any atom is 0.417 e. The topological polar surface area (TPSA) is 105 Å². The Morgan fingerprint density at radius 3 is 2.59 bits per heavy atom. The summed E-state index contributed by atoms with van der Waals surface area (Å²) in [6.07, 6.45) is -2.50. The Labute approximate surface area is 192 Å². The van der Waals surface area contributed by atoms with Gasteiger partial charge in [0.1, 0.15) is 24.6 Å². The van der Waals surface area contributed by atoms with E-state index >= 15 is 0 Å². The van der Waals surface area contributed by atoms with Gasteiger partial charge in [-0.05, 0) is 25.0 Å². The minimum absolute atomic E-state index is 0.243. The maximum absolute atomic E-state index is 13.2. The number of imidazole rings is 1. The molecule has 3 N–H and O–H groups in total. The van der Waals surface area contributed by atoms with Crippen molar-refractivity contribution in [2.75, 3.05) is 5.32 Å². The lowest BCUT2D eigenvalue weighted by molar-refractivity contribution is -0.137. The number of nitrogens with one attached hydrogen (secondary N) is 1. The van der Waals surface area contributed by atoms with Gasteiger partial charge >= 0.3 is 6.18 Å². The number of benzene rings is 1. The predicted octanol–water partition coefficient (Wildman–Crippen LogP) is 2.87. The molecule has 0 spiro atoms. The van der Waals surface area contributed by atoms with E-state index in [1.807, 2.05) is 0 Å². The Morgan fingerprint density at radius 2 is 1.82 bits per heavy atom. The number of ether oxygens (including phenoxy) is 1. The van der Waals surface area contributed by atoms with Crippen LogP contribution in [0.5, 0.6) is 0 Å². The van der Waals surface area contributed by atoms with Crippen molar-refractivity contribution < 1.29 is 28.1 Å². The first-order chi connectivity index (χ1) is 16.3. The molecule has 0 bridgehead atoms. The van der Waals surface area contributed by atoms with Crippen molar-refractivity contribution in [3.63, 3.8) is 0 Å². The quantitative estimate of drug-likeness (QED) is 0.503. The van der Waals surface area contributed by atoms with Gasteiger partial charge in [-0.25, -0.2) is 15.0 Å². The predicted molar refractivity (Wildman–Crippen MR) is 115 cm³/mol. The number of nitrogens with zero attached hydrogens (tertiary/aromatic N) is 4. The summed E-state index contributed by atoms with van der Waals surface area (Å²) >= 11 is 0. The van der Waals surface area contributed by atoms with Crippen molar-refractivity contribution in [1.82, 2.24) is 19.5 Å². The highest BCUT2D eigenvalue weighted by molar-refractivity contribution is 5.82. The minimum Gasteiger partial charge on any atom is -0.386 e. The first kappa shape index (κ1) is 22.6. The van der Waals surface area contributed by atoms with Crippen molar-refractivity contribution in [2.24, 2.45) is 0 Å². The zero-order chi connectivity index (χ0) is 23.9. The third-order valence-electron chi connectivity index (χ3n) is 6.15. The van der Waals surface area contributed by atoms with Crippen molar-refractivity contribution in [3.8, 4) is 11.8 Å². The lowest BCUT2D eigenvalue weighted by atomic mass is 10.1. The van der Waals surface area contributed by atoms with Crippen LogP contribution in [0.4, 0.5) is 19.0 Å². The molecular weight excluding hydrogens is 451 g/mol. The lowest BCUT2D eigenvalue weighted by Gasteiger charge is -2.16. The van der Waals surface area contributed by atoms with Crippen LogP contribution < -0.4 is 5.32 Å². The van der Waals surface area contributed by atoms with Gasteiger partial charge in [0.2, 0.25) is 0 Å². The number of halogens is 3. The van der Waals surface area contributed by atoms with E-state index < -0.39 is 36.3 Å². The molecule has 0 amide bonds. The molecule has 3 aromatic rings. The zero-order valence-corrected chi connectivity index (χ0v) is 17.9. The van der Waals surface area contributed by atoms with Crippen LogP contribution >= 0.6 is 0 Å². The molecule has 1 saturated carbocycles. The summed E-state index contributed by atoms with van der Waals surface area (Å²) in [5, 5.41) is 24.5. The smallest absolute Gasteiger partial charge is 0.386 e. The van der Waals surface area contributed by atoms with Gasteiger partial charge < -0.3 is 20.3 Å². The molecule has 0 radical (unpaired) electrons. The van der Waals surface area contributed by atoms with Gasteiger partial charge in [-0.2, -0.15) is 13.2 Å². The Morgan fingerprint density at radius 1 is 1.06 bits per heavy atom. The van der Waals surface area contributed by atoms with Gasteiger partial charge in [0.25, 0.3) is 0 Å². The molecule has 2 aliphatic rings.